The quantitative estimate of drug-likeness (QED) is 0.335. The highest BCUT2D eigenvalue weighted by atomic mass is 79.9. The number of hydrogen-bond donors (Lipinski definition) is 2. The summed E-state index contributed by atoms with van der Waals surface area (Å²) in [6, 6.07) is 7.71. The highest BCUT2D eigenvalue weighted by Crippen LogP contribution is 2.22. The normalized spacial score (nSPS) is 10.9. The molecule has 0 aliphatic heterocycles. The van der Waals surface area contributed by atoms with Crippen LogP contribution in [0.2, 0.25) is 10.0 Å². The Morgan fingerprint density at radius 1 is 1.21 bits per heavy atom. The van der Waals surface area contributed by atoms with Gasteiger partial charge in [0.15, 0.2) is 10.9 Å². The minimum absolute atomic E-state index is 0.514. The second kappa shape index (κ2) is 9.93. The molecular formula is C19H21BrCl2N6S. The van der Waals surface area contributed by atoms with Crippen LogP contribution in [0.3, 0.4) is 0 Å². The van der Waals surface area contributed by atoms with Crippen LogP contribution in [0.5, 0.6) is 0 Å². The number of rotatable bonds is 7. The number of benzene rings is 1. The Labute approximate surface area is 193 Å². The summed E-state index contributed by atoms with van der Waals surface area (Å²) >= 11 is 21.3. The number of thiocarbonyl (C=S) groups is 1. The molecule has 0 aliphatic rings. The Bertz CT molecular complexity index is 1020. The van der Waals surface area contributed by atoms with Crippen LogP contribution in [0.4, 0.5) is 5.82 Å². The molecule has 0 radical (unpaired) electrons. The summed E-state index contributed by atoms with van der Waals surface area (Å²) in [7, 11) is 0. The monoisotopic (exact) mass is 514 g/mol. The zero-order chi connectivity index (χ0) is 21.0. The summed E-state index contributed by atoms with van der Waals surface area (Å²) in [4.78, 5) is 0. The van der Waals surface area contributed by atoms with Gasteiger partial charge in [0.25, 0.3) is 0 Å². The van der Waals surface area contributed by atoms with Crippen LogP contribution in [-0.4, -0.2) is 31.2 Å². The Morgan fingerprint density at radius 3 is 2.66 bits per heavy atom. The van der Waals surface area contributed by atoms with Crippen molar-refractivity contribution in [2.24, 2.45) is 0 Å². The number of nitrogens with one attached hydrogen (secondary N) is 2. The molecule has 0 bridgehead atoms. The van der Waals surface area contributed by atoms with Crippen molar-refractivity contribution in [1.29, 1.82) is 0 Å². The largest absolute Gasteiger partial charge is 0.362 e. The maximum atomic E-state index is 6.23. The second-order valence-corrected chi connectivity index (χ2v) is 8.60. The number of halogens is 3. The highest BCUT2D eigenvalue weighted by Gasteiger charge is 2.11. The standard InChI is InChI=1S/C19H21BrCl2N6S/c1-12-17(22)13(2)28(25-12)9-5-8-23-19(29)24-18-15(20)11-27(26-18)10-14-6-3-4-7-16(14)21/h3-4,6-7,11H,5,8-10H2,1-2H3,(H2,23,24,26,29). The van der Waals surface area contributed by atoms with Gasteiger partial charge in [-0.25, -0.2) is 0 Å². The van der Waals surface area contributed by atoms with Crippen molar-refractivity contribution in [2.75, 3.05) is 11.9 Å². The van der Waals surface area contributed by atoms with E-state index in [9.17, 15) is 0 Å². The summed E-state index contributed by atoms with van der Waals surface area (Å²) in [6.45, 7) is 5.93. The summed E-state index contributed by atoms with van der Waals surface area (Å²) in [5.41, 5.74) is 2.84. The van der Waals surface area contributed by atoms with Crippen LogP contribution in [0, 0.1) is 13.8 Å². The van der Waals surface area contributed by atoms with Crippen molar-refractivity contribution in [1.82, 2.24) is 24.9 Å². The van der Waals surface area contributed by atoms with Crippen molar-refractivity contribution in [3.63, 3.8) is 0 Å². The first kappa shape index (κ1) is 22.1. The van der Waals surface area contributed by atoms with Crippen molar-refractivity contribution < 1.29 is 0 Å². The third-order valence-electron chi connectivity index (χ3n) is 4.36. The molecule has 0 unspecified atom stereocenters. The van der Waals surface area contributed by atoms with Gasteiger partial charge in [-0.2, -0.15) is 10.2 Å². The maximum Gasteiger partial charge on any atom is 0.172 e. The molecule has 3 aromatic rings. The molecular weight excluding hydrogens is 495 g/mol. The average Bonchev–Trinajstić information content (AvgIpc) is 3.14. The molecule has 3 rings (SSSR count). The van der Waals surface area contributed by atoms with Crippen molar-refractivity contribution in [3.05, 3.63) is 61.9 Å². The smallest absolute Gasteiger partial charge is 0.172 e. The lowest BCUT2D eigenvalue weighted by Crippen LogP contribution is -2.30. The van der Waals surface area contributed by atoms with Crippen molar-refractivity contribution in [2.45, 2.75) is 33.4 Å². The average molecular weight is 516 g/mol. The maximum absolute atomic E-state index is 6.23. The number of hydrogen-bond acceptors (Lipinski definition) is 3. The Balaban J connectivity index is 1.48. The lowest BCUT2D eigenvalue weighted by atomic mass is 10.2. The lowest BCUT2D eigenvalue weighted by molar-refractivity contribution is 0.558. The van der Waals surface area contributed by atoms with Crippen LogP contribution in [0.1, 0.15) is 23.4 Å². The molecule has 0 amide bonds. The van der Waals surface area contributed by atoms with Crippen LogP contribution >= 0.6 is 51.3 Å². The van der Waals surface area contributed by atoms with Crippen LogP contribution in [0.15, 0.2) is 34.9 Å². The van der Waals surface area contributed by atoms with Gasteiger partial charge in [-0.05, 0) is 60.0 Å². The van der Waals surface area contributed by atoms with E-state index in [0.717, 1.165) is 44.4 Å². The number of anilines is 1. The molecule has 10 heteroatoms. The number of aryl methyl sites for hydroxylation is 2. The topological polar surface area (TPSA) is 59.7 Å². The van der Waals surface area contributed by atoms with E-state index in [1.165, 1.54) is 0 Å². The molecule has 0 saturated carbocycles. The molecule has 2 N–H and O–H groups in total. The van der Waals surface area contributed by atoms with E-state index in [1.807, 2.05) is 53.7 Å². The molecule has 6 nitrogen and oxygen atoms in total. The fraction of sp³-hybridized carbons (Fsp3) is 0.316. The SMILES string of the molecule is Cc1nn(CCCNC(=S)Nc2nn(Cc3ccccc3Cl)cc2Br)c(C)c1Cl. The van der Waals surface area contributed by atoms with Gasteiger partial charge in [0.2, 0.25) is 0 Å². The molecule has 2 aromatic heterocycles. The van der Waals surface area contributed by atoms with E-state index >= 15 is 0 Å². The first-order valence-corrected chi connectivity index (χ1v) is 11.0. The molecule has 1 aromatic carbocycles. The van der Waals surface area contributed by atoms with Crippen LogP contribution < -0.4 is 10.6 Å². The molecule has 29 heavy (non-hydrogen) atoms. The van der Waals surface area contributed by atoms with Crippen molar-refractivity contribution in [3.8, 4) is 0 Å². The zero-order valence-corrected chi connectivity index (χ0v) is 20.0. The van der Waals surface area contributed by atoms with E-state index in [2.05, 4.69) is 36.8 Å². The van der Waals surface area contributed by atoms with Gasteiger partial charge in [0, 0.05) is 24.3 Å². The van der Waals surface area contributed by atoms with E-state index in [-0.39, 0.29) is 0 Å². The first-order valence-electron chi connectivity index (χ1n) is 9.06. The third kappa shape index (κ3) is 5.72. The fourth-order valence-electron chi connectivity index (χ4n) is 2.84. The van der Waals surface area contributed by atoms with Gasteiger partial charge < -0.3 is 10.6 Å². The van der Waals surface area contributed by atoms with Gasteiger partial charge in [0.05, 0.1) is 27.4 Å². The Hall–Kier alpha value is -1.61. The number of aromatic nitrogens is 4. The van der Waals surface area contributed by atoms with E-state index in [1.54, 1.807) is 0 Å². The van der Waals surface area contributed by atoms with Gasteiger partial charge >= 0.3 is 0 Å². The van der Waals surface area contributed by atoms with Crippen LogP contribution in [0.25, 0.3) is 0 Å². The molecule has 0 saturated heterocycles. The molecule has 154 valence electrons. The minimum atomic E-state index is 0.514. The lowest BCUT2D eigenvalue weighted by Gasteiger charge is -2.10. The summed E-state index contributed by atoms with van der Waals surface area (Å²) in [5.74, 6) is 0.653. The van der Waals surface area contributed by atoms with Gasteiger partial charge in [0.1, 0.15) is 0 Å². The number of nitrogens with zero attached hydrogens (tertiary/aromatic N) is 4. The van der Waals surface area contributed by atoms with E-state index in [4.69, 9.17) is 35.4 Å². The zero-order valence-electron chi connectivity index (χ0n) is 16.0. The molecule has 0 fully saturated rings. The predicted molar refractivity (Wildman–Crippen MR) is 126 cm³/mol. The van der Waals surface area contributed by atoms with Gasteiger partial charge in [-0.15, -0.1) is 0 Å². The Morgan fingerprint density at radius 2 is 1.97 bits per heavy atom. The molecule has 2 heterocycles. The minimum Gasteiger partial charge on any atom is -0.362 e. The summed E-state index contributed by atoms with van der Waals surface area (Å²) in [5, 5.41) is 17.2. The van der Waals surface area contributed by atoms with Crippen LogP contribution in [-0.2, 0) is 13.1 Å². The summed E-state index contributed by atoms with van der Waals surface area (Å²) < 4.78 is 4.55. The molecule has 0 atom stereocenters. The first-order chi connectivity index (χ1) is 13.8. The molecule has 0 spiro atoms. The summed E-state index contributed by atoms with van der Waals surface area (Å²) in [6.07, 6.45) is 2.75. The van der Waals surface area contributed by atoms with Gasteiger partial charge in [-0.3, -0.25) is 9.36 Å². The predicted octanol–water partition coefficient (Wildman–Crippen LogP) is 5.19. The van der Waals surface area contributed by atoms with Gasteiger partial charge in [-0.1, -0.05) is 41.4 Å². The van der Waals surface area contributed by atoms with E-state index < -0.39 is 0 Å². The highest BCUT2D eigenvalue weighted by molar-refractivity contribution is 9.10. The third-order valence-corrected chi connectivity index (χ3v) is 6.11. The van der Waals surface area contributed by atoms with E-state index in [0.29, 0.717) is 24.0 Å². The molecule has 0 aliphatic carbocycles. The Kier molecular flexibility index (Phi) is 7.56. The second-order valence-electron chi connectivity index (χ2n) is 6.56. The fourth-order valence-corrected chi connectivity index (χ4v) is 3.78. The van der Waals surface area contributed by atoms with Crippen molar-refractivity contribution >= 4 is 62.3 Å².